The summed E-state index contributed by atoms with van der Waals surface area (Å²) in [6, 6.07) is 0. The van der Waals surface area contributed by atoms with Gasteiger partial charge in [-0.25, -0.2) is 4.57 Å². The van der Waals surface area contributed by atoms with E-state index < -0.39 is 81.8 Å². The normalized spacial score (nSPS) is 23.3. The van der Waals surface area contributed by atoms with Crippen LogP contribution in [0.2, 0.25) is 0 Å². The minimum absolute atomic E-state index is 0.0329. The van der Waals surface area contributed by atoms with Crippen LogP contribution in [0.25, 0.3) is 0 Å². The first-order valence-corrected chi connectivity index (χ1v) is 23.7. The van der Waals surface area contributed by atoms with Crippen LogP contribution in [-0.2, 0) is 32.7 Å². The maximum absolute atomic E-state index is 12.8. The number of hydrogen-bond donors (Lipinski definition) is 7. The summed E-state index contributed by atoms with van der Waals surface area (Å²) >= 11 is 0. The third-order valence-corrected chi connectivity index (χ3v) is 11.4. The lowest BCUT2D eigenvalue weighted by Crippen LogP contribution is -2.64. The van der Waals surface area contributed by atoms with Crippen molar-refractivity contribution < 1.29 is 68.2 Å². The molecule has 58 heavy (non-hydrogen) atoms. The number of aliphatic hydroxyl groups excluding tert-OH is 6. The fourth-order valence-corrected chi connectivity index (χ4v) is 7.69. The van der Waals surface area contributed by atoms with Gasteiger partial charge in [0.1, 0.15) is 43.2 Å². The Labute approximate surface area is 348 Å². The highest BCUT2D eigenvalue weighted by molar-refractivity contribution is 7.47. The van der Waals surface area contributed by atoms with Gasteiger partial charge in [-0.1, -0.05) is 154 Å². The highest BCUT2D eigenvalue weighted by Gasteiger charge is 2.51. The molecular weight excluding hydrogens is 771 g/mol. The predicted octanol–water partition coefficient (Wildman–Crippen LogP) is 7.03. The Hall–Kier alpha value is -1.71. The van der Waals surface area contributed by atoms with E-state index in [4.69, 9.17) is 18.5 Å². The van der Waals surface area contributed by atoms with Gasteiger partial charge >= 0.3 is 19.8 Å². The van der Waals surface area contributed by atoms with Crippen molar-refractivity contribution in [3.8, 4) is 0 Å². The van der Waals surface area contributed by atoms with Gasteiger partial charge in [-0.3, -0.25) is 18.6 Å². The summed E-state index contributed by atoms with van der Waals surface area (Å²) in [5.41, 5.74) is 0. The molecule has 1 saturated carbocycles. The fourth-order valence-electron chi connectivity index (χ4n) is 6.72. The Morgan fingerprint density at radius 3 is 1.62 bits per heavy atom. The number of aliphatic hydroxyl groups is 6. The summed E-state index contributed by atoms with van der Waals surface area (Å²) in [5.74, 6) is -1.17. The first-order valence-electron chi connectivity index (χ1n) is 22.2. The number of hydrogen-bond acceptors (Lipinski definition) is 13. The van der Waals surface area contributed by atoms with Crippen molar-refractivity contribution >= 4 is 19.8 Å². The Kier molecular flexibility index (Phi) is 31.8. The Bertz CT molecular complexity index is 1140. The quantitative estimate of drug-likeness (QED) is 0.0145. The molecule has 1 rings (SSSR count). The summed E-state index contributed by atoms with van der Waals surface area (Å²) in [5, 5.41) is 60.2. The van der Waals surface area contributed by atoms with E-state index >= 15 is 0 Å². The third kappa shape index (κ3) is 26.5. The van der Waals surface area contributed by atoms with Crippen molar-refractivity contribution in [2.75, 3.05) is 13.2 Å². The van der Waals surface area contributed by atoms with E-state index in [9.17, 15) is 49.7 Å². The van der Waals surface area contributed by atoms with Gasteiger partial charge in [0, 0.05) is 12.8 Å². The van der Waals surface area contributed by atoms with Gasteiger partial charge in [0.2, 0.25) is 0 Å². The number of phosphoric ester groups is 1. The molecule has 0 aromatic rings. The number of carbonyl (C=O) groups excluding carboxylic acids is 2. The first kappa shape index (κ1) is 54.3. The second-order valence-electron chi connectivity index (χ2n) is 15.8. The first-order chi connectivity index (χ1) is 27.8. The molecule has 7 N–H and O–H groups in total. The van der Waals surface area contributed by atoms with Gasteiger partial charge in [0.15, 0.2) is 6.10 Å². The Balaban J connectivity index is 2.52. The predicted molar refractivity (Wildman–Crippen MR) is 223 cm³/mol. The zero-order chi connectivity index (χ0) is 43.0. The number of unbranched alkanes of at least 4 members (excludes halogenated alkanes) is 19. The molecule has 0 aliphatic heterocycles. The molecule has 0 saturated heterocycles. The Morgan fingerprint density at radius 2 is 1.07 bits per heavy atom. The van der Waals surface area contributed by atoms with Crippen LogP contribution < -0.4 is 0 Å². The van der Waals surface area contributed by atoms with Gasteiger partial charge in [0.25, 0.3) is 0 Å². The second-order valence-corrected chi connectivity index (χ2v) is 17.2. The van der Waals surface area contributed by atoms with Crippen LogP contribution in [0.4, 0.5) is 0 Å². The molecule has 15 heteroatoms. The topological polar surface area (TPSA) is 230 Å². The molecule has 0 radical (unpaired) electrons. The summed E-state index contributed by atoms with van der Waals surface area (Å²) in [4.78, 5) is 35.6. The zero-order valence-electron chi connectivity index (χ0n) is 35.5. The summed E-state index contributed by atoms with van der Waals surface area (Å²) < 4.78 is 33.4. The lowest BCUT2D eigenvalue weighted by atomic mass is 9.85. The van der Waals surface area contributed by atoms with Crippen LogP contribution in [0.1, 0.15) is 174 Å². The van der Waals surface area contributed by atoms with Crippen molar-refractivity contribution in [3.63, 3.8) is 0 Å². The monoisotopic (exact) mass is 851 g/mol. The molecular formula is C43H79O14P. The zero-order valence-corrected chi connectivity index (χ0v) is 36.3. The molecule has 1 aliphatic rings. The van der Waals surface area contributed by atoms with Gasteiger partial charge in [0.05, 0.1) is 12.7 Å². The molecule has 7 atom stereocenters. The smallest absolute Gasteiger partial charge is 0.462 e. The van der Waals surface area contributed by atoms with E-state index in [0.717, 1.165) is 51.4 Å². The van der Waals surface area contributed by atoms with E-state index in [1.807, 2.05) is 12.2 Å². The molecule has 0 amide bonds. The SMILES string of the molecule is CCCCCC=CC=CC(O)CCCCCCCC(=O)OC(COC(=O)CCCCCCCCCCCCCCC)COP(=O)(O)OC1C(O)C(O)C(O)C(O)C1O. The highest BCUT2D eigenvalue weighted by Crippen LogP contribution is 2.47. The van der Waals surface area contributed by atoms with Crippen LogP contribution in [0, 0.1) is 0 Å². The molecule has 14 nitrogen and oxygen atoms in total. The lowest BCUT2D eigenvalue weighted by molar-refractivity contribution is -0.220. The van der Waals surface area contributed by atoms with Crippen LogP contribution in [0.5, 0.6) is 0 Å². The minimum atomic E-state index is -5.14. The van der Waals surface area contributed by atoms with Gasteiger partial charge in [-0.15, -0.1) is 0 Å². The molecule has 0 spiro atoms. The van der Waals surface area contributed by atoms with E-state index in [1.165, 1.54) is 77.0 Å². The summed E-state index contributed by atoms with van der Waals surface area (Å²) in [6.07, 6.45) is 18.2. The van der Waals surface area contributed by atoms with E-state index in [2.05, 4.69) is 19.9 Å². The maximum Gasteiger partial charge on any atom is 0.472 e. The largest absolute Gasteiger partial charge is 0.472 e. The number of carbonyl (C=O) groups is 2. The number of phosphoric acid groups is 1. The molecule has 0 aromatic heterocycles. The average molecular weight is 851 g/mol. The van der Waals surface area contributed by atoms with Gasteiger partial charge in [-0.2, -0.15) is 0 Å². The van der Waals surface area contributed by atoms with Crippen LogP contribution in [0.3, 0.4) is 0 Å². The van der Waals surface area contributed by atoms with Gasteiger partial charge in [-0.05, 0) is 32.1 Å². The number of rotatable bonds is 36. The van der Waals surface area contributed by atoms with Crippen LogP contribution in [0.15, 0.2) is 24.3 Å². The molecule has 0 heterocycles. The standard InChI is InChI=1S/C43H79O14P/c1-3-5-7-9-11-12-13-14-15-16-18-22-26-30-36(45)54-32-35(33-55-58(52,53)57-43-41(50)39(48)38(47)40(49)42(43)51)56-37(46)31-27-23-19-21-25-29-34(44)28-24-20-17-10-8-6-4-2/h17,20,24,28,34-35,38-44,47-51H,3-16,18-19,21-23,25-27,29-33H2,1-2H3,(H,52,53). The third-order valence-electron chi connectivity index (χ3n) is 10.4. The molecule has 1 fully saturated rings. The molecule has 7 unspecified atom stereocenters. The average Bonchev–Trinajstić information content (AvgIpc) is 3.20. The van der Waals surface area contributed by atoms with E-state index in [0.29, 0.717) is 19.3 Å². The molecule has 1 aliphatic carbocycles. The molecule has 0 aromatic carbocycles. The van der Waals surface area contributed by atoms with E-state index in [1.54, 1.807) is 6.08 Å². The maximum atomic E-state index is 12.8. The van der Waals surface area contributed by atoms with Crippen molar-refractivity contribution in [1.29, 1.82) is 0 Å². The van der Waals surface area contributed by atoms with Crippen molar-refractivity contribution in [3.05, 3.63) is 24.3 Å². The van der Waals surface area contributed by atoms with Crippen molar-refractivity contribution in [2.45, 2.75) is 223 Å². The van der Waals surface area contributed by atoms with Gasteiger partial charge < -0.3 is 45.0 Å². The summed E-state index contributed by atoms with van der Waals surface area (Å²) in [6.45, 7) is 3.16. The van der Waals surface area contributed by atoms with E-state index in [-0.39, 0.29) is 12.8 Å². The summed E-state index contributed by atoms with van der Waals surface area (Å²) in [7, 11) is -5.14. The minimum Gasteiger partial charge on any atom is -0.462 e. The van der Waals surface area contributed by atoms with Crippen molar-refractivity contribution in [1.82, 2.24) is 0 Å². The number of allylic oxidation sites excluding steroid dienone is 3. The molecule has 0 bridgehead atoms. The number of ether oxygens (including phenoxy) is 2. The van der Waals surface area contributed by atoms with Crippen LogP contribution >= 0.6 is 7.82 Å². The van der Waals surface area contributed by atoms with Crippen LogP contribution in [-0.4, -0.2) is 110 Å². The van der Waals surface area contributed by atoms with Crippen molar-refractivity contribution in [2.24, 2.45) is 0 Å². The fraction of sp³-hybridized carbons (Fsp3) is 0.860. The number of esters is 2. The molecule has 340 valence electrons. The Morgan fingerprint density at radius 1 is 0.603 bits per heavy atom. The second kappa shape index (κ2) is 33.9. The highest BCUT2D eigenvalue weighted by atomic mass is 31.2. The lowest BCUT2D eigenvalue weighted by Gasteiger charge is -2.41.